The molecule has 86 valence electrons. The molecular weight excluding hydrogens is 239 g/mol. The maximum atomic E-state index is 6.08. The molecule has 0 N–H and O–H groups in total. The second kappa shape index (κ2) is 3.81. The second-order valence-corrected chi connectivity index (χ2v) is 8.02. The molecule has 3 rings (SSSR count). The van der Waals surface area contributed by atoms with Crippen LogP contribution in [-0.2, 0) is 11.8 Å². The van der Waals surface area contributed by atoms with Crippen LogP contribution >= 0.6 is 6.57 Å². The molecule has 1 aromatic carbocycles. The highest BCUT2D eigenvalue weighted by molar-refractivity contribution is 8.10. The van der Waals surface area contributed by atoms with Crippen molar-refractivity contribution < 1.29 is 4.52 Å². The van der Waals surface area contributed by atoms with E-state index in [0.29, 0.717) is 0 Å². The highest BCUT2D eigenvalue weighted by Gasteiger charge is 2.46. The third kappa shape index (κ3) is 2.03. The second-order valence-electron chi connectivity index (χ2n) is 4.30. The smallest absolute Gasteiger partial charge is 0.253 e. The van der Waals surface area contributed by atoms with Crippen LogP contribution in [0.15, 0.2) is 24.3 Å². The maximum Gasteiger partial charge on any atom is 0.253 e. The molecule has 5 heteroatoms. The Kier molecular flexibility index (Phi) is 2.55. The first kappa shape index (κ1) is 10.7. The van der Waals surface area contributed by atoms with E-state index in [9.17, 15) is 0 Å². The third-order valence-corrected chi connectivity index (χ3v) is 7.10. The summed E-state index contributed by atoms with van der Waals surface area (Å²) in [6.45, 7) is 4.59. The van der Waals surface area contributed by atoms with Gasteiger partial charge < -0.3 is 4.52 Å². The molecule has 2 fully saturated rings. The Morgan fingerprint density at radius 3 is 2.00 bits per heavy atom. The van der Waals surface area contributed by atoms with E-state index in [1.165, 1.54) is 5.56 Å². The fourth-order valence-electron chi connectivity index (χ4n) is 1.63. The molecule has 0 aromatic heterocycles. The SMILES string of the molecule is Cc1ccc(OP(=S)(N2CC2)N2CC2)cc1. The van der Waals surface area contributed by atoms with E-state index in [4.69, 9.17) is 16.3 Å². The molecule has 2 aliphatic rings. The quantitative estimate of drug-likeness (QED) is 0.604. The van der Waals surface area contributed by atoms with Gasteiger partial charge in [0.1, 0.15) is 5.75 Å². The van der Waals surface area contributed by atoms with Crippen LogP contribution in [0.1, 0.15) is 5.56 Å². The molecule has 0 amide bonds. The molecule has 16 heavy (non-hydrogen) atoms. The Hall–Kier alpha value is -0.410. The first-order chi connectivity index (χ1) is 7.68. The number of hydrogen-bond acceptors (Lipinski definition) is 2. The fraction of sp³-hybridized carbons (Fsp3) is 0.455. The van der Waals surface area contributed by atoms with Gasteiger partial charge in [-0.15, -0.1) is 0 Å². The lowest BCUT2D eigenvalue weighted by atomic mass is 10.2. The van der Waals surface area contributed by atoms with E-state index in [-0.39, 0.29) is 0 Å². The zero-order chi connectivity index (χ0) is 11.2. The van der Waals surface area contributed by atoms with Crippen LogP contribution in [-0.4, -0.2) is 35.5 Å². The molecule has 0 atom stereocenters. The summed E-state index contributed by atoms with van der Waals surface area (Å²) in [6, 6.07) is 8.17. The Morgan fingerprint density at radius 2 is 1.56 bits per heavy atom. The van der Waals surface area contributed by atoms with E-state index in [2.05, 4.69) is 28.4 Å². The van der Waals surface area contributed by atoms with Crippen molar-refractivity contribution in [2.75, 3.05) is 26.2 Å². The maximum absolute atomic E-state index is 6.08. The van der Waals surface area contributed by atoms with Crippen molar-refractivity contribution in [2.24, 2.45) is 0 Å². The lowest BCUT2D eigenvalue weighted by molar-refractivity contribution is 0.532. The molecule has 0 bridgehead atoms. The predicted octanol–water partition coefficient (Wildman–Crippen LogP) is 2.23. The monoisotopic (exact) mass is 254 g/mol. The van der Waals surface area contributed by atoms with E-state index in [1.807, 2.05) is 12.1 Å². The molecule has 2 aliphatic heterocycles. The zero-order valence-electron chi connectivity index (χ0n) is 9.30. The molecule has 3 nitrogen and oxygen atoms in total. The molecular formula is C11H15N2OPS. The van der Waals surface area contributed by atoms with Gasteiger partial charge >= 0.3 is 0 Å². The minimum Gasteiger partial charge on any atom is -0.441 e. The summed E-state index contributed by atoms with van der Waals surface area (Å²) in [5.41, 5.74) is 1.25. The van der Waals surface area contributed by atoms with Crippen molar-refractivity contribution >= 4 is 18.4 Å². The van der Waals surface area contributed by atoms with Gasteiger partial charge in [0.2, 0.25) is 0 Å². The molecule has 0 saturated carbocycles. The van der Waals surface area contributed by atoms with Gasteiger partial charge in [-0.3, -0.25) is 0 Å². The largest absolute Gasteiger partial charge is 0.441 e. The van der Waals surface area contributed by atoms with Crippen molar-refractivity contribution in [2.45, 2.75) is 6.92 Å². The lowest BCUT2D eigenvalue weighted by Gasteiger charge is -2.24. The Labute approximate surface area is 101 Å². The number of hydrogen-bond donors (Lipinski definition) is 0. The Balaban J connectivity index is 1.81. The van der Waals surface area contributed by atoms with Gasteiger partial charge in [0, 0.05) is 26.2 Å². The fourth-order valence-corrected chi connectivity index (χ4v) is 5.04. The van der Waals surface area contributed by atoms with E-state index in [0.717, 1.165) is 31.9 Å². The predicted molar refractivity (Wildman–Crippen MR) is 69.2 cm³/mol. The summed E-state index contributed by atoms with van der Waals surface area (Å²) in [5, 5.41) is 0. The van der Waals surface area contributed by atoms with Crippen LogP contribution in [0, 0.1) is 6.92 Å². The molecule has 2 heterocycles. The van der Waals surface area contributed by atoms with E-state index in [1.54, 1.807) is 0 Å². The third-order valence-electron chi connectivity index (χ3n) is 2.81. The lowest BCUT2D eigenvalue weighted by Crippen LogP contribution is -2.09. The van der Waals surface area contributed by atoms with E-state index >= 15 is 0 Å². The van der Waals surface area contributed by atoms with Gasteiger partial charge in [0.05, 0.1) is 0 Å². The molecule has 2 saturated heterocycles. The molecule has 0 unspecified atom stereocenters. The normalized spacial score (nSPS) is 20.8. The molecule has 1 aromatic rings. The van der Waals surface area contributed by atoms with Crippen molar-refractivity contribution in [3.63, 3.8) is 0 Å². The summed E-state index contributed by atoms with van der Waals surface area (Å²) in [4.78, 5) is 0. The summed E-state index contributed by atoms with van der Waals surface area (Å²) >= 11 is 5.73. The first-order valence-electron chi connectivity index (χ1n) is 5.56. The zero-order valence-corrected chi connectivity index (χ0v) is 11.0. The summed E-state index contributed by atoms with van der Waals surface area (Å²) in [6.07, 6.45) is 0. The number of benzene rings is 1. The van der Waals surface area contributed by atoms with Crippen LogP contribution in [0.4, 0.5) is 0 Å². The standard InChI is InChI=1S/C11H15N2OPS/c1-10-2-4-11(5-3-10)14-15(16,12-6-7-12)13-8-9-13/h2-5H,6-9H2,1H3. The van der Waals surface area contributed by atoms with Crippen LogP contribution in [0.3, 0.4) is 0 Å². The van der Waals surface area contributed by atoms with Crippen molar-refractivity contribution in [1.82, 2.24) is 9.34 Å². The summed E-state index contributed by atoms with van der Waals surface area (Å²) in [5.74, 6) is 0.910. The van der Waals surface area contributed by atoms with Crippen LogP contribution < -0.4 is 4.52 Å². The van der Waals surface area contributed by atoms with Gasteiger partial charge in [-0.05, 0) is 30.9 Å². The summed E-state index contributed by atoms with van der Waals surface area (Å²) < 4.78 is 10.7. The topological polar surface area (TPSA) is 15.2 Å². The van der Waals surface area contributed by atoms with Crippen molar-refractivity contribution in [3.8, 4) is 5.75 Å². The highest BCUT2D eigenvalue weighted by Crippen LogP contribution is 2.60. The Morgan fingerprint density at radius 1 is 1.06 bits per heavy atom. The minimum absolute atomic E-state index is 0.910. The number of aryl methyl sites for hydroxylation is 1. The van der Waals surface area contributed by atoms with E-state index < -0.39 is 6.57 Å². The number of rotatable bonds is 4. The van der Waals surface area contributed by atoms with Gasteiger partial charge in [-0.2, -0.15) is 0 Å². The average Bonchev–Trinajstić information content (AvgIpc) is 3.14. The van der Waals surface area contributed by atoms with Gasteiger partial charge in [0.15, 0.2) is 0 Å². The van der Waals surface area contributed by atoms with Gasteiger partial charge in [-0.25, -0.2) is 9.34 Å². The van der Waals surface area contributed by atoms with Crippen molar-refractivity contribution in [3.05, 3.63) is 29.8 Å². The van der Waals surface area contributed by atoms with Crippen LogP contribution in [0.2, 0.25) is 0 Å². The number of nitrogens with zero attached hydrogens (tertiary/aromatic N) is 2. The summed E-state index contributed by atoms with van der Waals surface area (Å²) in [7, 11) is 0. The van der Waals surface area contributed by atoms with Gasteiger partial charge in [0.25, 0.3) is 6.57 Å². The minimum atomic E-state index is -1.88. The Bertz CT molecular complexity index is 424. The van der Waals surface area contributed by atoms with Crippen molar-refractivity contribution in [1.29, 1.82) is 0 Å². The molecule has 0 radical (unpaired) electrons. The first-order valence-corrected chi connectivity index (χ1v) is 8.18. The molecule has 0 aliphatic carbocycles. The van der Waals surface area contributed by atoms with Crippen LogP contribution in [0.5, 0.6) is 5.75 Å². The van der Waals surface area contributed by atoms with Gasteiger partial charge in [-0.1, -0.05) is 17.7 Å². The average molecular weight is 254 g/mol. The molecule has 0 spiro atoms. The highest BCUT2D eigenvalue weighted by atomic mass is 32.5. The van der Waals surface area contributed by atoms with Crippen LogP contribution in [0.25, 0.3) is 0 Å².